The first kappa shape index (κ1) is 15.8. The third kappa shape index (κ3) is 4.72. The van der Waals surface area contributed by atoms with Crippen LogP contribution in [0.3, 0.4) is 0 Å². The molecule has 1 rings (SSSR count). The summed E-state index contributed by atoms with van der Waals surface area (Å²) in [4.78, 5) is 0.103. The van der Waals surface area contributed by atoms with Gasteiger partial charge in [0.2, 0.25) is 0 Å². The SMILES string of the molecule is CCCCOCCS(=O)(=O)c1cc(OC)ccc1N. The standard InChI is InChI=1S/C13H21NO4S/c1-3-4-7-18-8-9-19(15,16)13-10-11(17-2)5-6-12(13)14/h5-6,10H,3-4,7-9,14H2,1-2H3. The minimum atomic E-state index is -3.44. The molecule has 0 bridgehead atoms. The molecule has 0 amide bonds. The third-order valence-electron chi connectivity index (χ3n) is 2.69. The van der Waals surface area contributed by atoms with Crippen molar-refractivity contribution in [3.63, 3.8) is 0 Å². The molecule has 0 radical (unpaired) electrons. The smallest absolute Gasteiger partial charge is 0.182 e. The van der Waals surface area contributed by atoms with E-state index in [4.69, 9.17) is 15.2 Å². The van der Waals surface area contributed by atoms with E-state index in [0.29, 0.717) is 12.4 Å². The molecule has 0 saturated carbocycles. The van der Waals surface area contributed by atoms with E-state index in [1.807, 2.05) is 0 Å². The predicted octanol–water partition coefficient (Wildman–Crippen LogP) is 1.87. The van der Waals surface area contributed by atoms with Crippen LogP contribution in [0.1, 0.15) is 19.8 Å². The summed E-state index contributed by atoms with van der Waals surface area (Å²) >= 11 is 0. The first-order chi connectivity index (χ1) is 9.01. The summed E-state index contributed by atoms with van der Waals surface area (Å²) < 4.78 is 34.6. The fourth-order valence-corrected chi connectivity index (χ4v) is 2.82. The molecule has 0 spiro atoms. The number of nitrogens with two attached hydrogens (primary N) is 1. The second kappa shape index (κ2) is 7.35. The van der Waals surface area contributed by atoms with Crippen LogP contribution in [0.4, 0.5) is 5.69 Å². The average Bonchev–Trinajstić information content (AvgIpc) is 2.39. The molecule has 0 heterocycles. The molecule has 5 nitrogen and oxygen atoms in total. The topological polar surface area (TPSA) is 78.6 Å². The number of unbranched alkanes of at least 4 members (excludes halogenated alkanes) is 1. The van der Waals surface area contributed by atoms with Gasteiger partial charge in [0.05, 0.1) is 30.1 Å². The Morgan fingerprint density at radius 2 is 2.00 bits per heavy atom. The zero-order valence-corrected chi connectivity index (χ0v) is 12.2. The molecule has 0 unspecified atom stereocenters. The lowest BCUT2D eigenvalue weighted by molar-refractivity contribution is 0.146. The van der Waals surface area contributed by atoms with E-state index < -0.39 is 9.84 Å². The van der Waals surface area contributed by atoms with Gasteiger partial charge in [-0.3, -0.25) is 0 Å². The van der Waals surface area contributed by atoms with Gasteiger partial charge in [-0.05, 0) is 18.6 Å². The molecule has 0 fully saturated rings. The minimum absolute atomic E-state index is 0.0753. The van der Waals surface area contributed by atoms with Crippen molar-refractivity contribution in [2.45, 2.75) is 24.7 Å². The Kier molecular flexibility index (Phi) is 6.11. The molecule has 0 aromatic heterocycles. The zero-order chi connectivity index (χ0) is 14.3. The van der Waals surface area contributed by atoms with Crippen molar-refractivity contribution in [3.05, 3.63) is 18.2 Å². The van der Waals surface area contributed by atoms with Gasteiger partial charge in [-0.15, -0.1) is 0 Å². The number of rotatable bonds is 8. The van der Waals surface area contributed by atoms with Gasteiger partial charge >= 0.3 is 0 Å². The van der Waals surface area contributed by atoms with Crippen molar-refractivity contribution >= 4 is 15.5 Å². The van der Waals surface area contributed by atoms with Gasteiger partial charge in [0.25, 0.3) is 0 Å². The highest BCUT2D eigenvalue weighted by molar-refractivity contribution is 7.91. The summed E-state index contributed by atoms with van der Waals surface area (Å²) in [6.07, 6.45) is 1.96. The molecule has 0 saturated heterocycles. The first-order valence-electron chi connectivity index (χ1n) is 6.25. The van der Waals surface area contributed by atoms with Crippen molar-refractivity contribution in [2.24, 2.45) is 0 Å². The number of hydrogen-bond donors (Lipinski definition) is 1. The fourth-order valence-electron chi connectivity index (χ4n) is 1.54. The second-order valence-electron chi connectivity index (χ2n) is 4.19. The predicted molar refractivity (Wildman–Crippen MR) is 75.2 cm³/mol. The molecule has 2 N–H and O–H groups in total. The molecular formula is C13H21NO4S. The van der Waals surface area contributed by atoms with Crippen molar-refractivity contribution in [1.82, 2.24) is 0 Å². The van der Waals surface area contributed by atoms with E-state index in [9.17, 15) is 8.42 Å². The van der Waals surface area contributed by atoms with Crippen LogP contribution in [-0.2, 0) is 14.6 Å². The third-order valence-corrected chi connectivity index (χ3v) is 4.42. The molecule has 6 heteroatoms. The molecule has 0 aliphatic heterocycles. The van der Waals surface area contributed by atoms with Crippen molar-refractivity contribution < 1.29 is 17.9 Å². The number of ether oxygens (including phenoxy) is 2. The van der Waals surface area contributed by atoms with Gasteiger partial charge in [0.15, 0.2) is 9.84 Å². The molecule has 1 aromatic rings. The Bertz CT molecular complexity index is 499. The van der Waals surface area contributed by atoms with Gasteiger partial charge in [0.1, 0.15) is 5.75 Å². The minimum Gasteiger partial charge on any atom is -0.497 e. The largest absolute Gasteiger partial charge is 0.497 e. The van der Waals surface area contributed by atoms with Gasteiger partial charge in [-0.2, -0.15) is 0 Å². The second-order valence-corrected chi connectivity index (χ2v) is 6.27. The van der Waals surface area contributed by atoms with Crippen molar-refractivity contribution in [3.8, 4) is 5.75 Å². The summed E-state index contributed by atoms with van der Waals surface area (Å²) in [7, 11) is -1.96. The Morgan fingerprint density at radius 3 is 2.63 bits per heavy atom. The maximum absolute atomic E-state index is 12.1. The van der Waals surface area contributed by atoms with Crippen LogP contribution in [-0.4, -0.2) is 34.5 Å². The fraction of sp³-hybridized carbons (Fsp3) is 0.538. The maximum Gasteiger partial charge on any atom is 0.182 e. The average molecular weight is 287 g/mol. The summed E-state index contributed by atoms with van der Waals surface area (Å²) in [5, 5.41) is 0. The van der Waals surface area contributed by atoms with E-state index in [1.165, 1.54) is 19.2 Å². The number of benzene rings is 1. The van der Waals surface area contributed by atoms with E-state index in [2.05, 4.69) is 6.92 Å². The first-order valence-corrected chi connectivity index (χ1v) is 7.90. The molecule has 19 heavy (non-hydrogen) atoms. The van der Waals surface area contributed by atoms with Crippen LogP contribution in [0, 0.1) is 0 Å². The maximum atomic E-state index is 12.1. The van der Waals surface area contributed by atoms with E-state index in [0.717, 1.165) is 12.8 Å². The number of methoxy groups -OCH3 is 1. The monoisotopic (exact) mass is 287 g/mol. The lowest BCUT2D eigenvalue weighted by atomic mass is 10.3. The lowest BCUT2D eigenvalue weighted by Gasteiger charge is -2.09. The van der Waals surface area contributed by atoms with Gasteiger partial charge < -0.3 is 15.2 Å². The lowest BCUT2D eigenvalue weighted by Crippen LogP contribution is -2.14. The van der Waals surface area contributed by atoms with Crippen LogP contribution < -0.4 is 10.5 Å². The van der Waals surface area contributed by atoms with Gasteiger partial charge in [0, 0.05) is 12.7 Å². The molecule has 0 aliphatic rings. The number of nitrogen functional groups attached to an aromatic ring is 1. The van der Waals surface area contributed by atoms with Crippen LogP contribution >= 0.6 is 0 Å². The summed E-state index contributed by atoms with van der Waals surface area (Å²) in [6.45, 7) is 2.82. The zero-order valence-electron chi connectivity index (χ0n) is 11.4. The summed E-state index contributed by atoms with van der Waals surface area (Å²) in [5.74, 6) is 0.397. The summed E-state index contributed by atoms with van der Waals surface area (Å²) in [6, 6.07) is 4.60. The van der Waals surface area contributed by atoms with Crippen LogP contribution in [0.5, 0.6) is 5.75 Å². The summed E-state index contributed by atoms with van der Waals surface area (Å²) in [5.41, 5.74) is 5.94. The number of sulfone groups is 1. The Balaban J connectivity index is 2.71. The van der Waals surface area contributed by atoms with Crippen molar-refractivity contribution in [2.75, 3.05) is 31.8 Å². The Morgan fingerprint density at radius 1 is 1.26 bits per heavy atom. The van der Waals surface area contributed by atoms with Gasteiger partial charge in [-0.1, -0.05) is 13.3 Å². The van der Waals surface area contributed by atoms with E-state index in [-0.39, 0.29) is 22.9 Å². The number of anilines is 1. The number of hydrogen-bond acceptors (Lipinski definition) is 5. The Hall–Kier alpha value is -1.27. The molecule has 108 valence electrons. The molecule has 0 atom stereocenters. The Labute approximate surface area is 114 Å². The van der Waals surface area contributed by atoms with E-state index >= 15 is 0 Å². The highest BCUT2D eigenvalue weighted by atomic mass is 32.2. The van der Waals surface area contributed by atoms with Crippen LogP contribution in [0.15, 0.2) is 23.1 Å². The highest BCUT2D eigenvalue weighted by Crippen LogP contribution is 2.24. The van der Waals surface area contributed by atoms with Crippen LogP contribution in [0.2, 0.25) is 0 Å². The van der Waals surface area contributed by atoms with Crippen LogP contribution in [0.25, 0.3) is 0 Å². The van der Waals surface area contributed by atoms with E-state index in [1.54, 1.807) is 6.07 Å². The normalized spacial score (nSPS) is 11.5. The highest BCUT2D eigenvalue weighted by Gasteiger charge is 2.18. The quantitative estimate of drug-likeness (QED) is 0.583. The molecular weight excluding hydrogens is 266 g/mol. The molecule has 0 aliphatic carbocycles. The van der Waals surface area contributed by atoms with Crippen molar-refractivity contribution in [1.29, 1.82) is 0 Å². The van der Waals surface area contributed by atoms with Gasteiger partial charge in [-0.25, -0.2) is 8.42 Å². The molecule has 1 aromatic carbocycles.